The Kier molecular flexibility index (Phi) is 6.57. The van der Waals surface area contributed by atoms with Gasteiger partial charge in [0.1, 0.15) is 6.61 Å². The molecule has 122 valence electrons. The molecular weight excluding hydrogens is 304 g/mol. The van der Waals surface area contributed by atoms with Crippen LogP contribution in [0.25, 0.3) is 6.08 Å². The molecule has 0 bridgehead atoms. The van der Waals surface area contributed by atoms with Crippen LogP contribution in [0, 0.1) is 11.3 Å². The lowest BCUT2D eigenvalue weighted by Crippen LogP contribution is -2.41. The average Bonchev–Trinajstić information content (AvgIpc) is 2.64. The molecule has 2 unspecified atom stereocenters. The van der Waals surface area contributed by atoms with Crippen LogP contribution in [0.4, 0.5) is 4.79 Å². The number of amides is 1. The van der Waals surface area contributed by atoms with Crippen LogP contribution >= 0.6 is 0 Å². The lowest BCUT2D eigenvalue weighted by atomic mass is 10.1. The normalized spacial score (nSPS) is 13.0. The highest BCUT2D eigenvalue weighted by Gasteiger charge is 2.19. The van der Waals surface area contributed by atoms with Gasteiger partial charge in [0.15, 0.2) is 6.10 Å². The van der Waals surface area contributed by atoms with Crippen LogP contribution in [0.3, 0.4) is 0 Å². The minimum absolute atomic E-state index is 0.116. The van der Waals surface area contributed by atoms with Crippen molar-refractivity contribution < 1.29 is 14.6 Å². The minimum Gasteiger partial charge on any atom is -0.445 e. The largest absolute Gasteiger partial charge is 0.445 e. The first kappa shape index (κ1) is 17.3. The molecule has 2 aromatic rings. The molecule has 0 saturated carbocycles. The van der Waals surface area contributed by atoms with Crippen LogP contribution in [-0.4, -0.2) is 23.3 Å². The molecule has 0 radical (unpaired) electrons. The van der Waals surface area contributed by atoms with E-state index in [0.717, 1.165) is 11.1 Å². The van der Waals surface area contributed by atoms with E-state index < -0.39 is 18.2 Å². The molecule has 5 nitrogen and oxygen atoms in total. The first-order valence-corrected chi connectivity index (χ1v) is 7.47. The van der Waals surface area contributed by atoms with Crippen LogP contribution < -0.4 is 5.32 Å². The lowest BCUT2D eigenvalue weighted by Gasteiger charge is -2.16. The van der Waals surface area contributed by atoms with Gasteiger partial charge in [-0.15, -0.1) is 0 Å². The number of hydrogen-bond acceptors (Lipinski definition) is 4. The van der Waals surface area contributed by atoms with Gasteiger partial charge in [0.05, 0.1) is 12.1 Å². The van der Waals surface area contributed by atoms with Crippen LogP contribution in [0.15, 0.2) is 66.7 Å². The van der Waals surface area contributed by atoms with Crippen LogP contribution in [-0.2, 0) is 11.3 Å². The van der Waals surface area contributed by atoms with Crippen molar-refractivity contribution in [3.8, 4) is 6.07 Å². The molecule has 2 rings (SSSR count). The summed E-state index contributed by atoms with van der Waals surface area (Å²) in [7, 11) is 0. The monoisotopic (exact) mass is 322 g/mol. The zero-order chi connectivity index (χ0) is 17.2. The Morgan fingerprint density at radius 2 is 1.79 bits per heavy atom. The third kappa shape index (κ3) is 5.59. The molecule has 2 aromatic carbocycles. The van der Waals surface area contributed by atoms with Crippen molar-refractivity contribution in [2.75, 3.05) is 0 Å². The van der Waals surface area contributed by atoms with Crippen molar-refractivity contribution >= 4 is 12.2 Å². The van der Waals surface area contributed by atoms with Gasteiger partial charge < -0.3 is 15.2 Å². The van der Waals surface area contributed by atoms with Crippen LogP contribution in [0.2, 0.25) is 0 Å². The average molecular weight is 322 g/mol. The molecule has 0 heterocycles. The number of nitriles is 1. The molecule has 2 N–H and O–H groups in total. The third-order valence-corrected chi connectivity index (χ3v) is 3.27. The minimum atomic E-state index is -1.37. The van der Waals surface area contributed by atoms with Gasteiger partial charge in [0, 0.05) is 0 Å². The summed E-state index contributed by atoms with van der Waals surface area (Å²) >= 11 is 0. The maximum absolute atomic E-state index is 11.9. The molecule has 0 spiro atoms. The lowest BCUT2D eigenvalue weighted by molar-refractivity contribution is 0.126. The Balaban J connectivity index is 1.94. The number of ether oxygens (including phenoxy) is 1. The Morgan fingerprint density at radius 3 is 2.42 bits per heavy atom. The summed E-state index contributed by atoms with van der Waals surface area (Å²) < 4.78 is 5.10. The highest BCUT2D eigenvalue weighted by atomic mass is 16.5. The van der Waals surface area contributed by atoms with E-state index >= 15 is 0 Å². The van der Waals surface area contributed by atoms with Crippen molar-refractivity contribution in [2.24, 2.45) is 0 Å². The van der Waals surface area contributed by atoms with Gasteiger partial charge in [-0.25, -0.2) is 4.79 Å². The van der Waals surface area contributed by atoms with Gasteiger partial charge >= 0.3 is 6.09 Å². The van der Waals surface area contributed by atoms with Gasteiger partial charge in [-0.05, 0) is 11.1 Å². The summed E-state index contributed by atoms with van der Waals surface area (Å²) in [5.74, 6) is 0. The predicted molar refractivity (Wildman–Crippen MR) is 90.6 cm³/mol. The third-order valence-electron chi connectivity index (χ3n) is 3.27. The van der Waals surface area contributed by atoms with Crippen molar-refractivity contribution in [3.05, 3.63) is 77.9 Å². The van der Waals surface area contributed by atoms with Crippen molar-refractivity contribution in [1.82, 2.24) is 5.32 Å². The Hall–Kier alpha value is -3.10. The van der Waals surface area contributed by atoms with E-state index in [1.807, 2.05) is 60.7 Å². The fraction of sp³-hybridized carbons (Fsp3) is 0.158. The second-order valence-corrected chi connectivity index (χ2v) is 5.08. The zero-order valence-corrected chi connectivity index (χ0v) is 13.0. The van der Waals surface area contributed by atoms with E-state index in [0.29, 0.717) is 0 Å². The zero-order valence-electron chi connectivity index (χ0n) is 13.0. The number of carbonyl (C=O) groups is 1. The van der Waals surface area contributed by atoms with Crippen molar-refractivity contribution in [2.45, 2.75) is 18.8 Å². The maximum atomic E-state index is 11.9. The van der Waals surface area contributed by atoms with E-state index in [4.69, 9.17) is 10.00 Å². The standard InChI is InChI=1S/C19H18N2O3/c20-13-18(22)17(12-11-15-7-3-1-4-8-15)21-19(23)24-14-16-9-5-2-6-10-16/h1-12,17-18,22H,14H2,(H,21,23). The Labute approximate surface area is 140 Å². The SMILES string of the molecule is N#CC(O)C(C=Cc1ccccc1)NC(=O)OCc1ccccc1. The van der Waals surface area contributed by atoms with E-state index in [1.54, 1.807) is 18.2 Å². The molecule has 0 fully saturated rings. The highest BCUT2D eigenvalue weighted by Crippen LogP contribution is 2.05. The number of carbonyl (C=O) groups excluding carboxylic acids is 1. The fourth-order valence-corrected chi connectivity index (χ4v) is 1.99. The summed E-state index contributed by atoms with van der Waals surface area (Å²) in [6.45, 7) is 0.116. The molecule has 5 heteroatoms. The second kappa shape index (κ2) is 9.13. The second-order valence-electron chi connectivity index (χ2n) is 5.08. The van der Waals surface area contributed by atoms with Crippen LogP contribution in [0.1, 0.15) is 11.1 Å². The molecule has 1 amide bonds. The van der Waals surface area contributed by atoms with Gasteiger partial charge in [-0.1, -0.05) is 72.8 Å². The number of nitrogens with one attached hydrogen (secondary N) is 1. The first-order chi connectivity index (χ1) is 11.7. The molecule has 0 saturated heterocycles. The topological polar surface area (TPSA) is 82.4 Å². The first-order valence-electron chi connectivity index (χ1n) is 7.47. The number of aliphatic hydroxyl groups is 1. The van der Waals surface area contributed by atoms with E-state index in [1.165, 1.54) is 0 Å². The number of rotatable bonds is 6. The molecule has 0 aliphatic heterocycles. The number of hydrogen-bond donors (Lipinski definition) is 2. The van der Waals surface area contributed by atoms with Crippen LogP contribution in [0.5, 0.6) is 0 Å². The van der Waals surface area contributed by atoms with E-state index in [-0.39, 0.29) is 6.61 Å². The van der Waals surface area contributed by atoms with Crippen molar-refractivity contribution in [1.29, 1.82) is 5.26 Å². The van der Waals surface area contributed by atoms with Gasteiger partial charge in [0.25, 0.3) is 0 Å². The molecule has 0 aliphatic carbocycles. The number of aliphatic hydroxyl groups excluding tert-OH is 1. The van der Waals surface area contributed by atoms with Gasteiger partial charge in [-0.3, -0.25) is 0 Å². The Bertz CT molecular complexity index is 708. The molecule has 0 aromatic heterocycles. The molecule has 2 atom stereocenters. The van der Waals surface area contributed by atoms with Crippen molar-refractivity contribution in [3.63, 3.8) is 0 Å². The maximum Gasteiger partial charge on any atom is 0.408 e. The molecule has 24 heavy (non-hydrogen) atoms. The number of alkyl carbamates (subject to hydrolysis) is 1. The predicted octanol–water partition coefficient (Wildman–Crippen LogP) is 2.88. The smallest absolute Gasteiger partial charge is 0.408 e. The number of benzene rings is 2. The van der Waals surface area contributed by atoms with Gasteiger partial charge in [-0.2, -0.15) is 5.26 Å². The summed E-state index contributed by atoms with van der Waals surface area (Å²) in [4.78, 5) is 11.9. The molecule has 0 aliphatic rings. The number of nitrogens with zero attached hydrogens (tertiary/aromatic N) is 1. The summed E-state index contributed by atoms with van der Waals surface area (Å²) in [5.41, 5.74) is 1.75. The summed E-state index contributed by atoms with van der Waals surface area (Å²) in [6, 6.07) is 19.5. The molecular formula is C19H18N2O3. The van der Waals surface area contributed by atoms with Gasteiger partial charge in [0.2, 0.25) is 0 Å². The Morgan fingerprint density at radius 1 is 1.17 bits per heavy atom. The summed E-state index contributed by atoms with van der Waals surface area (Å²) in [6.07, 6.45) is 1.22. The fourth-order valence-electron chi connectivity index (χ4n) is 1.99. The quantitative estimate of drug-likeness (QED) is 0.801. The highest BCUT2D eigenvalue weighted by molar-refractivity contribution is 5.68. The van der Waals surface area contributed by atoms with E-state index in [9.17, 15) is 9.90 Å². The van der Waals surface area contributed by atoms with E-state index in [2.05, 4.69) is 5.32 Å². The summed E-state index contributed by atoms with van der Waals surface area (Å²) in [5, 5.41) is 21.1.